The number of pyridine rings is 1. The molecule has 4 nitrogen and oxygen atoms in total. The standard InChI is InChI=1S/C12H16N2O2/c1-10(15)8-11-2-3-12(13-9-11)14-4-6-16-7-5-14/h2-3,9H,4-8H2,1H3. The van der Waals surface area contributed by atoms with E-state index in [1.54, 1.807) is 13.1 Å². The number of aromatic nitrogens is 1. The van der Waals surface area contributed by atoms with Gasteiger partial charge in [-0.1, -0.05) is 6.07 Å². The molecular formula is C12H16N2O2. The van der Waals surface area contributed by atoms with Crippen LogP contribution >= 0.6 is 0 Å². The minimum atomic E-state index is 0.168. The van der Waals surface area contributed by atoms with E-state index in [1.807, 2.05) is 12.1 Å². The zero-order chi connectivity index (χ0) is 11.4. The fraction of sp³-hybridized carbons (Fsp3) is 0.500. The van der Waals surface area contributed by atoms with E-state index in [2.05, 4.69) is 9.88 Å². The Hall–Kier alpha value is -1.42. The Morgan fingerprint density at radius 3 is 2.75 bits per heavy atom. The van der Waals surface area contributed by atoms with Gasteiger partial charge in [0.2, 0.25) is 0 Å². The third-order valence-corrected chi connectivity index (χ3v) is 2.60. The first-order chi connectivity index (χ1) is 7.75. The largest absolute Gasteiger partial charge is 0.378 e. The number of hydrogen-bond acceptors (Lipinski definition) is 4. The smallest absolute Gasteiger partial charge is 0.134 e. The van der Waals surface area contributed by atoms with Gasteiger partial charge < -0.3 is 9.64 Å². The minimum Gasteiger partial charge on any atom is -0.378 e. The Kier molecular flexibility index (Phi) is 3.51. The molecule has 0 bridgehead atoms. The number of anilines is 1. The lowest BCUT2D eigenvalue weighted by molar-refractivity contribution is -0.116. The molecule has 0 amide bonds. The van der Waals surface area contributed by atoms with E-state index < -0.39 is 0 Å². The molecule has 1 aromatic rings. The maximum absolute atomic E-state index is 10.9. The van der Waals surface area contributed by atoms with Crippen LogP contribution in [-0.4, -0.2) is 37.1 Å². The summed E-state index contributed by atoms with van der Waals surface area (Å²) in [4.78, 5) is 17.5. The Bertz CT molecular complexity index is 356. The van der Waals surface area contributed by atoms with Crippen LogP contribution in [0, 0.1) is 0 Å². The molecule has 86 valence electrons. The molecule has 0 unspecified atom stereocenters. The average molecular weight is 220 g/mol. The summed E-state index contributed by atoms with van der Waals surface area (Å²) in [5.41, 5.74) is 0.976. The molecule has 0 radical (unpaired) electrons. The first-order valence-electron chi connectivity index (χ1n) is 5.53. The summed E-state index contributed by atoms with van der Waals surface area (Å²) in [5.74, 6) is 1.14. The maximum Gasteiger partial charge on any atom is 0.134 e. The van der Waals surface area contributed by atoms with Crippen LogP contribution in [0.2, 0.25) is 0 Å². The quantitative estimate of drug-likeness (QED) is 0.763. The van der Waals surface area contributed by atoms with Crippen LogP contribution < -0.4 is 4.90 Å². The molecule has 1 saturated heterocycles. The third kappa shape index (κ3) is 2.79. The van der Waals surface area contributed by atoms with Gasteiger partial charge in [0.05, 0.1) is 13.2 Å². The molecule has 0 aliphatic carbocycles. The highest BCUT2D eigenvalue weighted by Crippen LogP contribution is 2.13. The number of rotatable bonds is 3. The van der Waals surface area contributed by atoms with E-state index in [-0.39, 0.29) is 5.78 Å². The molecule has 0 atom stereocenters. The van der Waals surface area contributed by atoms with Crippen molar-refractivity contribution in [1.29, 1.82) is 0 Å². The summed E-state index contributed by atoms with van der Waals surface area (Å²) < 4.78 is 5.28. The van der Waals surface area contributed by atoms with Crippen LogP contribution in [0.5, 0.6) is 0 Å². The van der Waals surface area contributed by atoms with Crippen molar-refractivity contribution < 1.29 is 9.53 Å². The van der Waals surface area contributed by atoms with Crippen LogP contribution in [0.15, 0.2) is 18.3 Å². The van der Waals surface area contributed by atoms with Gasteiger partial charge in [-0.15, -0.1) is 0 Å². The molecule has 0 aromatic carbocycles. The average Bonchev–Trinajstić information content (AvgIpc) is 2.30. The zero-order valence-electron chi connectivity index (χ0n) is 9.48. The van der Waals surface area contributed by atoms with Crippen LogP contribution in [-0.2, 0) is 16.0 Å². The predicted molar refractivity (Wildman–Crippen MR) is 61.7 cm³/mol. The second-order valence-corrected chi connectivity index (χ2v) is 4.00. The van der Waals surface area contributed by atoms with E-state index in [0.717, 1.165) is 37.7 Å². The number of hydrogen-bond donors (Lipinski definition) is 0. The van der Waals surface area contributed by atoms with Gasteiger partial charge in [-0.05, 0) is 18.6 Å². The Morgan fingerprint density at radius 2 is 2.19 bits per heavy atom. The van der Waals surface area contributed by atoms with Crippen molar-refractivity contribution in [2.75, 3.05) is 31.2 Å². The van der Waals surface area contributed by atoms with Gasteiger partial charge in [-0.2, -0.15) is 0 Å². The van der Waals surface area contributed by atoms with Gasteiger partial charge in [0, 0.05) is 25.7 Å². The van der Waals surface area contributed by atoms with Crippen LogP contribution in [0.25, 0.3) is 0 Å². The molecule has 1 aliphatic rings. The van der Waals surface area contributed by atoms with E-state index >= 15 is 0 Å². The summed E-state index contributed by atoms with van der Waals surface area (Å²) in [6.07, 6.45) is 2.25. The van der Waals surface area contributed by atoms with Crippen molar-refractivity contribution in [3.8, 4) is 0 Å². The summed E-state index contributed by atoms with van der Waals surface area (Å²) >= 11 is 0. The molecule has 1 aromatic heterocycles. The molecule has 2 rings (SSSR count). The third-order valence-electron chi connectivity index (χ3n) is 2.60. The van der Waals surface area contributed by atoms with Gasteiger partial charge in [0.25, 0.3) is 0 Å². The summed E-state index contributed by atoms with van der Waals surface area (Å²) in [6.45, 7) is 4.89. The van der Waals surface area contributed by atoms with Crippen molar-refractivity contribution in [2.45, 2.75) is 13.3 Å². The van der Waals surface area contributed by atoms with Gasteiger partial charge in [0.1, 0.15) is 11.6 Å². The number of nitrogens with zero attached hydrogens (tertiary/aromatic N) is 2. The van der Waals surface area contributed by atoms with Gasteiger partial charge in [0.15, 0.2) is 0 Å². The lowest BCUT2D eigenvalue weighted by Crippen LogP contribution is -2.36. The van der Waals surface area contributed by atoms with Crippen molar-refractivity contribution >= 4 is 11.6 Å². The van der Waals surface area contributed by atoms with Crippen LogP contribution in [0.1, 0.15) is 12.5 Å². The molecule has 4 heteroatoms. The van der Waals surface area contributed by atoms with Crippen molar-refractivity contribution in [1.82, 2.24) is 4.98 Å². The number of ether oxygens (including phenoxy) is 1. The summed E-state index contributed by atoms with van der Waals surface area (Å²) in [7, 11) is 0. The van der Waals surface area contributed by atoms with E-state index in [0.29, 0.717) is 6.42 Å². The Balaban J connectivity index is 2.03. The monoisotopic (exact) mass is 220 g/mol. The van der Waals surface area contributed by atoms with Crippen molar-refractivity contribution in [3.63, 3.8) is 0 Å². The van der Waals surface area contributed by atoms with Crippen LogP contribution in [0.3, 0.4) is 0 Å². The Morgan fingerprint density at radius 1 is 1.44 bits per heavy atom. The van der Waals surface area contributed by atoms with Crippen molar-refractivity contribution in [3.05, 3.63) is 23.9 Å². The number of Topliss-reactive ketones (excluding diaryl/α,β-unsaturated/α-hetero) is 1. The highest BCUT2D eigenvalue weighted by molar-refractivity contribution is 5.78. The van der Waals surface area contributed by atoms with E-state index in [1.165, 1.54) is 0 Å². The molecule has 0 spiro atoms. The van der Waals surface area contributed by atoms with Gasteiger partial charge in [-0.3, -0.25) is 4.79 Å². The van der Waals surface area contributed by atoms with Gasteiger partial charge in [-0.25, -0.2) is 4.98 Å². The predicted octanol–water partition coefficient (Wildman–Crippen LogP) is 1.05. The second-order valence-electron chi connectivity index (χ2n) is 4.00. The normalized spacial score (nSPS) is 16.2. The Labute approximate surface area is 95.2 Å². The zero-order valence-corrected chi connectivity index (χ0v) is 9.48. The fourth-order valence-electron chi connectivity index (χ4n) is 1.79. The molecular weight excluding hydrogens is 204 g/mol. The van der Waals surface area contributed by atoms with E-state index in [9.17, 15) is 4.79 Å². The number of morpholine rings is 1. The topological polar surface area (TPSA) is 42.4 Å². The van der Waals surface area contributed by atoms with Crippen molar-refractivity contribution in [2.24, 2.45) is 0 Å². The summed E-state index contributed by atoms with van der Waals surface area (Å²) in [5, 5.41) is 0. The molecule has 16 heavy (non-hydrogen) atoms. The van der Waals surface area contributed by atoms with Gasteiger partial charge >= 0.3 is 0 Å². The second kappa shape index (κ2) is 5.07. The first kappa shape index (κ1) is 11.1. The highest BCUT2D eigenvalue weighted by Gasteiger charge is 2.11. The molecule has 0 N–H and O–H groups in total. The number of ketones is 1. The molecule has 1 aliphatic heterocycles. The van der Waals surface area contributed by atoms with Crippen LogP contribution in [0.4, 0.5) is 5.82 Å². The lowest BCUT2D eigenvalue weighted by atomic mass is 10.1. The SMILES string of the molecule is CC(=O)Cc1ccc(N2CCOCC2)nc1. The highest BCUT2D eigenvalue weighted by atomic mass is 16.5. The minimum absolute atomic E-state index is 0.168. The summed E-state index contributed by atoms with van der Waals surface area (Å²) in [6, 6.07) is 3.95. The molecule has 0 saturated carbocycles. The fourth-order valence-corrected chi connectivity index (χ4v) is 1.79. The molecule has 1 fully saturated rings. The maximum atomic E-state index is 10.9. The first-order valence-corrected chi connectivity index (χ1v) is 5.53. The molecule has 2 heterocycles. The number of carbonyl (C=O) groups excluding carboxylic acids is 1. The number of carbonyl (C=O) groups is 1. The van der Waals surface area contributed by atoms with E-state index in [4.69, 9.17) is 4.74 Å². The lowest BCUT2D eigenvalue weighted by Gasteiger charge is -2.27.